The van der Waals surface area contributed by atoms with E-state index in [9.17, 15) is 4.79 Å². The first kappa shape index (κ1) is 14.4. The molecule has 15 heavy (non-hydrogen) atoms. The van der Waals surface area contributed by atoms with Crippen LogP contribution < -0.4 is 11.3 Å². The van der Waals surface area contributed by atoms with E-state index in [-0.39, 0.29) is 5.91 Å². The van der Waals surface area contributed by atoms with Crippen LogP contribution in [0.5, 0.6) is 0 Å². The van der Waals surface area contributed by atoms with Crippen molar-refractivity contribution in [2.24, 2.45) is 5.84 Å². The number of ether oxygens (including phenoxy) is 1. The van der Waals surface area contributed by atoms with E-state index in [0.717, 1.165) is 38.9 Å². The maximum atomic E-state index is 10.8. The number of carbonyl (C=O) groups excluding carboxylic acids is 1. The quantitative estimate of drug-likeness (QED) is 0.253. The molecule has 0 aliphatic rings. The van der Waals surface area contributed by atoms with Gasteiger partial charge < -0.3 is 4.74 Å². The van der Waals surface area contributed by atoms with Crippen LogP contribution >= 0.6 is 0 Å². The lowest BCUT2D eigenvalue weighted by atomic mass is 10.2. The molecule has 0 rings (SSSR count). The molecule has 3 N–H and O–H groups in total. The summed E-state index contributed by atoms with van der Waals surface area (Å²) in [5.74, 6) is 4.87. The normalized spacial score (nSPS) is 10.3. The second-order valence-electron chi connectivity index (χ2n) is 3.70. The number of nitrogens with one attached hydrogen (secondary N) is 1. The topological polar surface area (TPSA) is 64.3 Å². The highest BCUT2D eigenvalue weighted by Gasteiger charge is 1.97. The standard InChI is InChI=1S/C11H24N2O2/c1-2-3-6-9-15-10-7-4-5-8-11(14)13-12/h2-10,12H2,1H3,(H,13,14). The molecule has 0 aromatic carbocycles. The average Bonchev–Trinajstić information content (AvgIpc) is 2.26. The minimum Gasteiger partial charge on any atom is -0.381 e. The van der Waals surface area contributed by atoms with Gasteiger partial charge in [-0.25, -0.2) is 5.84 Å². The highest BCUT2D eigenvalue weighted by molar-refractivity contribution is 5.74. The van der Waals surface area contributed by atoms with Crippen LogP contribution in [0.1, 0.15) is 51.9 Å². The van der Waals surface area contributed by atoms with Gasteiger partial charge in [0.05, 0.1) is 0 Å². The highest BCUT2D eigenvalue weighted by atomic mass is 16.5. The predicted octanol–water partition coefficient (Wildman–Crippen LogP) is 1.74. The molecule has 0 bridgehead atoms. The first-order valence-corrected chi connectivity index (χ1v) is 5.88. The molecule has 4 heteroatoms. The summed E-state index contributed by atoms with van der Waals surface area (Å²) in [5, 5.41) is 0. The number of amides is 1. The fourth-order valence-corrected chi connectivity index (χ4v) is 1.29. The van der Waals surface area contributed by atoms with E-state index in [4.69, 9.17) is 10.6 Å². The molecule has 0 aromatic rings. The molecular weight excluding hydrogens is 192 g/mol. The Hall–Kier alpha value is -0.610. The molecule has 4 nitrogen and oxygen atoms in total. The van der Waals surface area contributed by atoms with Crippen LogP contribution in [-0.2, 0) is 9.53 Å². The zero-order valence-corrected chi connectivity index (χ0v) is 9.76. The molecule has 0 aromatic heterocycles. The minimum absolute atomic E-state index is 0.0844. The van der Waals surface area contributed by atoms with Gasteiger partial charge in [0.2, 0.25) is 5.91 Å². The van der Waals surface area contributed by atoms with E-state index < -0.39 is 0 Å². The summed E-state index contributed by atoms with van der Waals surface area (Å²) in [5.41, 5.74) is 2.12. The average molecular weight is 216 g/mol. The van der Waals surface area contributed by atoms with Crippen LogP contribution in [0.3, 0.4) is 0 Å². The smallest absolute Gasteiger partial charge is 0.233 e. The van der Waals surface area contributed by atoms with Gasteiger partial charge in [-0.15, -0.1) is 0 Å². The molecular formula is C11H24N2O2. The Morgan fingerprint density at radius 3 is 2.40 bits per heavy atom. The van der Waals surface area contributed by atoms with Crippen LogP contribution in [0.15, 0.2) is 0 Å². The van der Waals surface area contributed by atoms with Crippen molar-refractivity contribution in [2.45, 2.75) is 51.9 Å². The second-order valence-corrected chi connectivity index (χ2v) is 3.70. The van der Waals surface area contributed by atoms with Crippen molar-refractivity contribution in [3.8, 4) is 0 Å². The van der Waals surface area contributed by atoms with Crippen molar-refractivity contribution in [1.82, 2.24) is 5.43 Å². The van der Waals surface area contributed by atoms with Crippen molar-refractivity contribution in [1.29, 1.82) is 0 Å². The monoisotopic (exact) mass is 216 g/mol. The van der Waals surface area contributed by atoms with Gasteiger partial charge >= 0.3 is 0 Å². The zero-order chi connectivity index (χ0) is 11.4. The van der Waals surface area contributed by atoms with Crippen LogP contribution in [0.25, 0.3) is 0 Å². The molecule has 0 radical (unpaired) electrons. The summed E-state index contributed by atoms with van der Waals surface area (Å²) in [7, 11) is 0. The van der Waals surface area contributed by atoms with Crippen LogP contribution in [-0.4, -0.2) is 19.1 Å². The largest absolute Gasteiger partial charge is 0.381 e. The Morgan fingerprint density at radius 1 is 1.13 bits per heavy atom. The van der Waals surface area contributed by atoms with Gasteiger partial charge in [0.1, 0.15) is 0 Å². The first-order chi connectivity index (χ1) is 7.31. The van der Waals surface area contributed by atoms with Crippen molar-refractivity contribution in [2.75, 3.05) is 13.2 Å². The summed E-state index contributed by atoms with van der Waals surface area (Å²) in [4.78, 5) is 10.8. The van der Waals surface area contributed by atoms with Gasteiger partial charge in [-0.05, 0) is 19.3 Å². The summed E-state index contributed by atoms with van der Waals surface area (Å²) in [6.07, 6.45) is 7.11. The highest BCUT2D eigenvalue weighted by Crippen LogP contribution is 2.01. The molecule has 0 saturated carbocycles. The fourth-order valence-electron chi connectivity index (χ4n) is 1.29. The van der Waals surface area contributed by atoms with E-state index in [1.807, 2.05) is 0 Å². The lowest BCUT2D eigenvalue weighted by Crippen LogP contribution is -2.29. The van der Waals surface area contributed by atoms with E-state index in [2.05, 4.69) is 12.3 Å². The lowest BCUT2D eigenvalue weighted by Gasteiger charge is -2.03. The Kier molecular flexibility index (Phi) is 11.0. The number of nitrogens with two attached hydrogens (primary N) is 1. The minimum atomic E-state index is -0.0844. The van der Waals surface area contributed by atoms with Crippen LogP contribution in [0.2, 0.25) is 0 Å². The molecule has 0 unspecified atom stereocenters. The molecule has 0 atom stereocenters. The van der Waals surface area contributed by atoms with Gasteiger partial charge in [0.15, 0.2) is 0 Å². The molecule has 0 spiro atoms. The van der Waals surface area contributed by atoms with Gasteiger partial charge in [-0.1, -0.05) is 26.2 Å². The Bertz CT molecular complexity index is 152. The summed E-state index contributed by atoms with van der Waals surface area (Å²) in [6, 6.07) is 0. The van der Waals surface area contributed by atoms with Gasteiger partial charge in [-0.2, -0.15) is 0 Å². The Morgan fingerprint density at radius 2 is 1.80 bits per heavy atom. The van der Waals surface area contributed by atoms with E-state index >= 15 is 0 Å². The number of unbranched alkanes of at least 4 members (excludes halogenated alkanes) is 4. The van der Waals surface area contributed by atoms with Crippen LogP contribution in [0, 0.1) is 0 Å². The number of hydrazine groups is 1. The lowest BCUT2D eigenvalue weighted by molar-refractivity contribution is -0.121. The number of carbonyl (C=O) groups is 1. The van der Waals surface area contributed by atoms with Crippen LogP contribution in [0.4, 0.5) is 0 Å². The third-order valence-corrected chi connectivity index (χ3v) is 2.25. The van der Waals surface area contributed by atoms with E-state index in [0.29, 0.717) is 6.42 Å². The molecule has 0 aliphatic heterocycles. The predicted molar refractivity (Wildman–Crippen MR) is 61.1 cm³/mol. The van der Waals surface area contributed by atoms with Crippen molar-refractivity contribution in [3.05, 3.63) is 0 Å². The number of rotatable bonds is 10. The molecule has 0 heterocycles. The molecule has 0 aliphatic carbocycles. The van der Waals surface area contributed by atoms with Gasteiger partial charge in [0.25, 0.3) is 0 Å². The van der Waals surface area contributed by atoms with E-state index in [1.165, 1.54) is 12.8 Å². The maximum absolute atomic E-state index is 10.8. The SMILES string of the molecule is CCCCCOCCCCCC(=O)NN. The first-order valence-electron chi connectivity index (χ1n) is 5.88. The van der Waals surface area contributed by atoms with Crippen molar-refractivity contribution < 1.29 is 9.53 Å². The summed E-state index contributed by atoms with van der Waals surface area (Å²) < 4.78 is 5.44. The number of hydrogen-bond donors (Lipinski definition) is 2. The summed E-state index contributed by atoms with van der Waals surface area (Å²) in [6.45, 7) is 3.87. The third-order valence-electron chi connectivity index (χ3n) is 2.25. The van der Waals surface area contributed by atoms with Crippen molar-refractivity contribution >= 4 is 5.91 Å². The fraction of sp³-hybridized carbons (Fsp3) is 0.909. The second kappa shape index (κ2) is 11.5. The third kappa shape index (κ3) is 11.3. The molecule has 0 fully saturated rings. The Labute approximate surface area is 92.5 Å². The van der Waals surface area contributed by atoms with Gasteiger partial charge in [0, 0.05) is 19.6 Å². The molecule has 0 saturated heterocycles. The molecule has 1 amide bonds. The Balaban J connectivity index is 2.95. The van der Waals surface area contributed by atoms with Gasteiger partial charge in [-0.3, -0.25) is 10.2 Å². The van der Waals surface area contributed by atoms with Crippen molar-refractivity contribution in [3.63, 3.8) is 0 Å². The zero-order valence-electron chi connectivity index (χ0n) is 9.76. The maximum Gasteiger partial charge on any atom is 0.233 e. The number of hydrogen-bond acceptors (Lipinski definition) is 3. The summed E-state index contributed by atoms with van der Waals surface area (Å²) >= 11 is 0. The molecule has 90 valence electrons. The van der Waals surface area contributed by atoms with E-state index in [1.54, 1.807) is 0 Å².